The molecule has 1 aliphatic rings. The van der Waals surface area contributed by atoms with Gasteiger partial charge in [0.15, 0.2) is 0 Å². The maximum absolute atomic E-state index is 11.5. The van der Waals surface area contributed by atoms with Gasteiger partial charge in [-0.2, -0.15) is 0 Å². The second kappa shape index (κ2) is 6.07. The van der Waals surface area contributed by atoms with E-state index in [-0.39, 0.29) is 11.9 Å². The van der Waals surface area contributed by atoms with Crippen molar-refractivity contribution < 1.29 is 14.3 Å². The van der Waals surface area contributed by atoms with E-state index in [0.29, 0.717) is 19.5 Å². The number of carbonyl (C=O) groups is 2. The summed E-state index contributed by atoms with van der Waals surface area (Å²) >= 11 is 0. The van der Waals surface area contributed by atoms with E-state index in [2.05, 4.69) is 12.2 Å². The molecule has 5 heteroatoms. The van der Waals surface area contributed by atoms with E-state index in [9.17, 15) is 9.59 Å². The molecule has 0 aliphatic carbocycles. The molecule has 1 rings (SSSR count). The van der Waals surface area contributed by atoms with Crippen LogP contribution in [0.1, 0.15) is 40.0 Å². The highest BCUT2D eigenvalue weighted by atomic mass is 16.6. The number of amides is 2. The Morgan fingerprint density at radius 3 is 2.72 bits per heavy atom. The third-order valence-corrected chi connectivity index (χ3v) is 2.70. The smallest absolute Gasteiger partial charge is 0.407 e. The molecular formula is C13H23N2O3. The van der Waals surface area contributed by atoms with Crippen LogP contribution in [0, 0.1) is 6.92 Å². The van der Waals surface area contributed by atoms with Gasteiger partial charge in [-0.25, -0.2) is 4.79 Å². The molecule has 0 aromatic rings. The largest absolute Gasteiger partial charge is 0.444 e. The zero-order chi connectivity index (χ0) is 13.8. The first-order valence-corrected chi connectivity index (χ1v) is 6.39. The molecule has 0 saturated carbocycles. The van der Waals surface area contributed by atoms with E-state index in [4.69, 9.17) is 4.74 Å². The molecule has 5 nitrogen and oxygen atoms in total. The molecule has 1 atom stereocenters. The Morgan fingerprint density at radius 2 is 2.22 bits per heavy atom. The van der Waals surface area contributed by atoms with Gasteiger partial charge in [0.1, 0.15) is 5.60 Å². The summed E-state index contributed by atoms with van der Waals surface area (Å²) in [4.78, 5) is 24.6. The predicted molar refractivity (Wildman–Crippen MR) is 68.9 cm³/mol. The van der Waals surface area contributed by atoms with Crippen molar-refractivity contribution >= 4 is 12.0 Å². The summed E-state index contributed by atoms with van der Waals surface area (Å²) in [5.74, 6) is 0.160. The lowest BCUT2D eigenvalue weighted by Crippen LogP contribution is -2.36. The van der Waals surface area contributed by atoms with Crippen molar-refractivity contribution in [2.45, 2.75) is 51.7 Å². The van der Waals surface area contributed by atoms with Crippen molar-refractivity contribution in [2.75, 3.05) is 13.1 Å². The topological polar surface area (TPSA) is 58.6 Å². The normalized spacial score (nSPS) is 20.1. The Bertz CT molecular complexity index is 310. The monoisotopic (exact) mass is 255 g/mol. The van der Waals surface area contributed by atoms with Gasteiger partial charge in [-0.15, -0.1) is 0 Å². The number of hydrogen-bond donors (Lipinski definition) is 1. The highest BCUT2D eigenvalue weighted by Gasteiger charge is 2.26. The summed E-state index contributed by atoms with van der Waals surface area (Å²) in [6, 6.07) is 0.0824. The number of nitrogens with one attached hydrogen (secondary N) is 1. The molecule has 1 unspecified atom stereocenters. The van der Waals surface area contributed by atoms with Gasteiger partial charge in [-0.1, -0.05) is 0 Å². The standard InChI is InChI=1S/C13H23N2O3/c1-10-6-7-11(16)15(10)9-5-8-14-12(17)18-13(2,3)4/h10H,1,5-9H2,2-4H3,(H,14,17). The minimum absolute atomic E-state index is 0.0824. The molecule has 103 valence electrons. The molecule has 0 aromatic heterocycles. The molecule has 1 radical (unpaired) electrons. The Morgan fingerprint density at radius 1 is 1.56 bits per heavy atom. The summed E-state index contributed by atoms with van der Waals surface area (Å²) in [6.45, 7) is 10.5. The van der Waals surface area contributed by atoms with Gasteiger partial charge in [-0.05, 0) is 40.5 Å². The average Bonchev–Trinajstić information content (AvgIpc) is 2.52. The third-order valence-electron chi connectivity index (χ3n) is 2.70. The number of hydrogen-bond acceptors (Lipinski definition) is 3. The van der Waals surface area contributed by atoms with Gasteiger partial charge in [-0.3, -0.25) is 4.79 Å². The molecule has 1 N–H and O–H groups in total. The van der Waals surface area contributed by atoms with E-state index in [1.54, 1.807) is 4.90 Å². The summed E-state index contributed by atoms with van der Waals surface area (Å²) in [7, 11) is 0. The number of carbonyl (C=O) groups excluding carboxylic acids is 2. The quantitative estimate of drug-likeness (QED) is 0.778. The number of ether oxygens (including phenoxy) is 1. The SMILES string of the molecule is [CH2]C1CCC(=O)N1CCCNC(=O)OC(C)(C)C. The summed E-state index contributed by atoms with van der Waals surface area (Å²) in [6.07, 6.45) is 1.73. The van der Waals surface area contributed by atoms with Crippen LogP contribution in [-0.4, -0.2) is 41.6 Å². The van der Waals surface area contributed by atoms with Crippen LogP contribution in [0.4, 0.5) is 4.79 Å². The van der Waals surface area contributed by atoms with E-state index in [1.807, 2.05) is 20.8 Å². The van der Waals surface area contributed by atoms with Crippen LogP contribution < -0.4 is 5.32 Å². The molecule has 0 aromatic carbocycles. The minimum atomic E-state index is -0.479. The molecular weight excluding hydrogens is 232 g/mol. The van der Waals surface area contributed by atoms with E-state index < -0.39 is 11.7 Å². The summed E-state index contributed by atoms with van der Waals surface area (Å²) < 4.78 is 5.11. The Kier molecular flexibility index (Phi) is 4.99. The minimum Gasteiger partial charge on any atom is -0.444 e. The molecule has 2 amide bonds. The lowest BCUT2D eigenvalue weighted by atomic mass is 10.2. The van der Waals surface area contributed by atoms with Crippen molar-refractivity contribution in [2.24, 2.45) is 0 Å². The van der Waals surface area contributed by atoms with Gasteiger partial charge in [0, 0.05) is 25.6 Å². The number of nitrogens with zero attached hydrogens (tertiary/aromatic N) is 1. The van der Waals surface area contributed by atoms with Crippen molar-refractivity contribution in [3.63, 3.8) is 0 Å². The van der Waals surface area contributed by atoms with Crippen LogP contribution >= 0.6 is 0 Å². The van der Waals surface area contributed by atoms with Gasteiger partial charge in [0.2, 0.25) is 5.91 Å². The number of likely N-dealkylation sites (tertiary alicyclic amines) is 1. The molecule has 1 fully saturated rings. The van der Waals surface area contributed by atoms with Crippen LogP contribution in [0.2, 0.25) is 0 Å². The summed E-state index contributed by atoms with van der Waals surface area (Å²) in [5.41, 5.74) is -0.479. The fourth-order valence-electron chi connectivity index (χ4n) is 1.85. The summed E-state index contributed by atoms with van der Waals surface area (Å²) in [5, 5.41) is 2.67. The van der Waals surface area contributed by atoms with E-state index in [1.165, 1.54) is 0 Å². The maximum atomic E-state index is 11.5. The lowest BCUT2D eigenvalue weighted by molar-refractivity contribution is -0.128. The van der Waals surface area contributed by atoms with Crippen molar-refractivity contribution in [1.82, 2.24) is 10.2 Å². The Hall–Kier alpha value is -1.26. The molecule has 1 aliphatic heterocycles. The lowest BCUT2D eigenvalue weighted by Gasteiger charge is -2.22. The fraction of sp³-hybridized carbons (Fsp3) is 0.769. The van der Waals surface area contributed by atoms with Gasteiger partial charge in [0.05, 0.1) is 0 Å². The Labute approximate surface area is 109 Å². The molecule has 0 bridgehead atoms. The Balaban J connectivity index is 2.15. The van der Waals surface area contributed by atoms with Crippen LogP contribution in [0.25, 0.3) is 0 Å². The number of alkyl carbamates (subject to hydrolysis) is 1. The van der Waals surface area contributed by atoms with Crippen molar-refractivity contribution in [1.29, 1.82) is 0 Å². The third kappa shape index (κ3) is 4.94. The number of rotatable bonds is 4. The second-order valence-electron chi connectivity index (χ2n) is 5.56. The van der Waals surface area contributed by atoms with Crippen LogP contribution in [0.3, 0.4) is 0 Å². The zero-order valence-corrected chi connectivity index (χ0v) is 11.5. The first-order chi connectivity index (χ1) is 8.29. The van der Waals surface area contributed by atoms with Crippen molar-refractivity contribution in [3.8, 4) is 0 Å². The zero-order valence-electron chi connectivity index (χ0n) is 11.5. The van der Waals surface area contributed by atoms with Crippen molar-refractivity contribution in [3.05, 3.63) is 6.92 Å². The van der Waals surface area contributed by atoms with E-state index in [0.717, 1.165) is 12.8 Å². The second-order valence-corrected chi connectivity index (χ2v) is 5.56. The molecule has 1 heterocycles. The van der Waals surface area contributed by atoms with Gasteiger partial charge in [0.25, 0.3) is 0 Å². The van der Waals surface area contributed by atoms with E-state index >= 15 is 0 Å². The highest BCUT2D eigenvalue weighted by molar-refractivity contribution is 5.78. The molecule has 18 heavy (non-hydrogen) atoms. The van der Waals surface area contributed by atoms with Gasteiger partial charge < -0.3 is 15.0 Å². The van der Waals surface area contributed by atoms with Gasteiger partial charge >= 0.3 is 6.09 Å². The first kappa shape index (κ1) is 14.8. The average molecular weight is 255 g/mol. The fourth-order valence-corrected chi connectivity index (χ4v) is 1.85. The molecule has 1 saturated heterocycles. The maximum Gasteiger partial charge on any atom is 0.407 e. The highest BCUT2D eigenvalue weighted by Crippen LogP contribution is 2.17. The first-order valence-electron chi connectivity index (χ1n) is 6.39. The molecule has 0 spiro atoms. The predicted octanol–water partition coefficient (Wildman–Crippen LogP) is 1.73. The van der Waals surface area contributed by atoms with Crippen LogP contribution in [0.15, 0.2) is 0 Å². The van der Waals surface area contributed by atoms with Crippen LogP contribution in [-0.2, 0) is 9.53 Å². The van der Waals surface area contributed by atoms with Crippen LogP contribution in [0.5, 0.6) is 0 Å².